The van der Waals surface area contributed by atoms with Crippen LogP contribution in [0.25, 0.3) is 0 Å². The van der Waals surface area contributed by atoms with Crippen molar-refractivity contribution < 1.29 is 4.79 Å². The van der Waals surface area contributed by atoms with E-state index in [9.17, 15) is 9.59 Å². The summed E-state index contributed by atoms with van der Waals surface area (Å²) in [5.74, 6) is -0.349. The van der Waals surface area contributed by atoms with Gasteiger partial charge in [0.1, 0.15) is 5.69 Å². The first-order chi connectivity index (χ1) is 12.7. The number of anilines is 1. The maximum atomic E-state index is 12.5. The smallest absolute Gasteiger partial charge is 0.277 e. The number of carbonyl (C=O) groups is 1. The van der Waals surface area contributed by atoms with Crippen LogP contribution in [0, 0.1) is 0 Å². The van der Waals surface area contributed by atoms with Crippen molar-refractivity contribution in [1.82, 2.24) is 14.8 Å². The topological polar surface area (TPSA) is 76.9 Å². The lowest BCUT2D eigenvalue weighted by Gasteiger charge is -2.07. The van der Waals surface area contributed by atoms with Crippen molar-refractivity contribution >= 4 is 22.4 Å². The summed E-state index contributed by atoms with van der Waals surface area (Å²) in [5.41, 5.74) is 2.01. The minimum atomic E-state index is -0.349. The maximum absolute atomic E-state index is 12.5. The van der Waals surface area contributed by atoms with Gasteiger partial charge in [-0.25, -0.2) is 9.67 Å². The standard InChI is InChI=1S/C19H18N4O2S/c24-17-11-10-15(22-23(17)12-13-6-2-1-3-7-13)18(25)21-19-20-14-8-4-5-9-16(14)26-19/h1-3,6-7,10-11H,4-5,8-9,12H2,(H,20,21,25). The highest BCUT2D eigenvalue weighted by molar-refractivity contribution is 7.15. The second-order valence-electron chi connectivity index (χ2n) is 6.25. The number of aromatic nitrogens is 3. The van der Waals surface area contributed by atoms with Crippen molar-refractivity contribution in [3.8, 4) is 0 Å². The van der Waals surface area contributed by atoms with E-state index in [4.69, 9.17) is 0 Å². The van der Waals surface area contributed by atoms with Crippen molar-refractivity contribution in [3.63, 3.8) is 0 Å². The zero-order valence-corrected chi connectivity index (χ0v) is 15.0. The van der Waals surface area contributed by atoms with Gasteiger partial charge in [-0.2, -0.15) is 5.10 Å². The number of amides is 1. The van der Waals surface area contributed by atoms with E-state index in [1.165, 1.54) is 39.4 Å². The molecule has 6 nitrogen and oxygen atoms in total. The van der Waals surface area contributed by atoms with E-state index >= 15 is 0 Å². The molecule has 1 amide bonds. The molecule has 7 heteroatoms. The molecule has 1 aromatic carbocycles. The molecule has 0 bridgehead atoms. The first kappa shape index (κ1) is 16.7. The Labute approximate surface area is 154 Å². The van der Waals surface area contributed by atoms with E-state index in [0.29, 0.717) is 11.7 Å². The average Bonchev–Trinajstić information content (AvgIpc) is 3.06. The van der Waals surface area contributed by atoms with Gasteiger partial charge in [0.2, 0.25) is 0 Å². The first-order valence-electron chi connectivity index (χ1n) is 8.61. The van der Waals surface area contributed by atoms with Crippen molar-refractivity contribution in [1.29, 1.82) is 0 Å². The Morgan fingerprint density at radius 2 is 1.92 bits per heavy atom. The Balaban J connectivity index is 1.53. The van der Waals surface area contributed by atoms with Gasteiger partial charge in [-0.1, -0.05) is 30.3 Å². The molecule has 4 rings (SSSR count). The van der Waals surface area contributed by atoms with Crippen molar-refractivity contribution in [2.75, 3.05) is 5.32 Å². The van der Waals surface area contributed by atoms with Gasteiger partial charge in [-0.15, -0.1) is 11.3 Å². The lowest BCUT2D eigenvalue weighted by Crippen LogP contribution is -2.26. The third-order valence-corrected chi connectivity index (χ3v) is 5.41. The fourth-order valence-corrected chi connectivity index (χ4v) is 4.05. The monoisotopic (exact) mass is 366 g/mol. The van der Waals surface area contributed by atoms with Crippen LogP contribution in [0.5, 0.6) is 0 Å². The quantitative estimate of drug-likeness (QED) is 0.770. The molecule has 0 atom stereocenters. The van der Waals surface area contributed by atoms with Crippen molar-refractivity contribution in [2.45, 2.75) is 32.2 Å². The molecule has 1 N–H and O–H groups in total. The van der Waals surface area contributed by atoms with Crippen LogP contribution in [0.2, 0.25) is 0 Å². The minimum Gasteiger partial charge on any atom is -0.296 e. The number of nitrogens with zero attached hydrogens (tertiary/aromatic N) is 3. The van der Waals surface area contributed by atoms with Crippen LogP contribution in [0.15, 0.2) is 47.3 Å². The van der Waals surface area contributed by atoms with Crippen molar-refractivity contribution in [3.05, 3.63) is 74.6 Å². The normalized spacial score (nSPS) is 13.2. The van der Waals surface area contributed by atoms with E-state index < -0.39 is 0 Å². The van der Waals surface area contributed by atoms with E-state index in [2.05, 4.69) is 15.4 Å². The lowest BCUT2D eigenvalue weighted by molar-refractivity contribution is 0.102. The molecule has 26 heavy (non-hydrogen) atoms. The fraction of sp³-hybridized carbons (Fsp3) is 0.263. The number of carbonyl (C=O) groups excluding carboxylic acids is 1. The van der Waals surface area contributed by atoms with Crippen LogP contribution in [0.4, 0.5) is 5.13 Å². The zero-order chi connectivity index (χ0) is 17.9. The number of hydrogen-bond acceptors (Lipinski definition) is 5. The number of thiazole rings is 1. The van der Waals surface area contributed by atoms with Crippen LogP contribution in [0.1, 0.15) is 39.5 Å². The van der Waals surface area contributed by atoms with E-state index in [1.807, 2.05) is 30.3 Å². The average molecular weight is 366 g/mol. The Kier molecular flexibility index (Phi) is 4.62. The van der Waals surface area contributed by atoms with Crippen LogP contribution in [-0.2, 0) is 19.4 Å². The minimum absolute atomic E-state index is 0.203. The van der Waals surface area contributed by atoms with Gasteiger partial charge >= 0.3 is 0 Å². The molecule has 0 saturated heterocycles. The van der Waals surface area contributed by atoms with Gasteiger partial charge in [0.15, 0.2) is 5.13 Å². The Bertz CT molecular complexity index is 971. The first-order valence-corrected chi connectivity index (χ1v) is 9.43. The van der Waals surface area contributed by atoms with E-state index in [1.54, 1.807) is 0 Å². The molecule has 0 radical (unpaired) electrons. The summed E-state index contributed by atoms with van der Waals surface area (Å²) in [6.45, 7) is 0.326. The van der Waals surface area contributed by atoms with Crippen LogP contribution in [-0.4, -0.2) is 20.7 Å². The van der Waals surface area contributed by atoms with Gasteiger partial charge in [-0.3, -0.25) is 14.9 Å². The molecule has 2 aromatic heterocycles. The number of aryl methyl sites for hydroxylation is 2. The molecule has 0 fully saturated rings. The number of benzene rings is 1. The maximum Gasteiger partial charge on any atom is 0.277 e. The molecular formula is C19H18N4O2S. The van der Waals surface area contributed by atoms with Gasteiger partial charge in [0, 0.05) is 10.9 Å². The molecule has 1 aliphatic rings. The lowest BCUT2D eigenvalue weighted by atomic mass is 10.0. The number of fused-ring (bicyclic) bond motifs is 1. The highest BCUT2D eigenvalue weighted by Crippen LogP contribution is 2.29. The molecule has 132 valence electrons. The van der Waals surface area contributed by atoms with Gasteiger partial charge in [0.25, 0.3) is 11.5 Å². The molecule has 0 aliphatic heterocycles. The Morgan fingerprint density at radius 1 is 1.12 bits per heavy atom. The summed E-state index contributed by atoms with van der Waals surface area (Å²) in [6, 6.07) is 12.4. The summed E-state index contributed by atoms with van der Waals surface area (Å²) in [6.07, 6.45) is 4.33. The highest BCUT2D eigenvalue weighted by atomic mass is 32.1. The molecule has 1 aliphatic carbocycles. The predicted octanol–water partition coefficient (Wildman–Crippen LogP) is 2.88. The van der Waals surface area contributed by atoms with E-state index in [0.717, 1.165) is 30.5 Å². The molecule has 3 aromatic rings. The second-order valence-corrected chi connectivity index (χ2v) is 7.33. The summed E-state index contributed by atoms with van der Waals surface area (Å²) in [4.78, 5) is 30.3. The largest absolute Gasteiger partial charge is 0.296 e. The molecule has 2 heterocycles. The summed E-state index contributed by atoms with van der Waals surface area (Å²) in [5, 5.41) is 7.63. The fourth-order valence-electron chi connectivity index (χ4n) is 3.01. The van der Waals surface area contributed by atoms with Crippen LogP contribution in [0.3, 0.4) is 0 Å². The van der Waals surface area contributed by atoms with E-state index in [-0.39, 0.29) is 17.2 Å². The van der Waals surface area contributed by atoms with Gasteiger partial charge in [-0.05, 0) is 37.3 Å². The molecule has 0 saturated carbocycles. The molecule has 0 unspecified atom stereocenters. The number of hydrogen-bond donors (Lipinski definition) is 1. The number of nitrogens with one attached hydrogen (secondary N) is 1. The Morgan fingerprint density at radius 3 is 2.73 bits per heavy atom. The van der Waals surface area contributed by atoms with Crippen molar-refractivity contribution in [2.24, 2.45) is 0 Å². The van der Waals surface area contributed by atoms with Crippen LogP contribution >= 0.6 is 11.3 Å². The van der Waals surface area contributed by atoms with Gasteiger partial charge < -0.3 is 0 Å². The summed E-state index contributed by atoms with van der Waals surface area (Å²) < 4.78 is 1.30. The molecular weight excluding hydrogens is 348 g/mol. The summed E-state index contributed by atoms with van der Waals surface area (Å²) >= 11 is 1.53. The zero-order valence-electron chi connectivity index (χ0n) is 14.1. The molecule has 0 spiro atoms. The summed E-state index contributed by atoms with van der Waals surface area (Å²) in [7, 11) is 0. The number of rotatable bonds is 4. The predicted molar refractivity (Wildman–Crippen MR) is 101 cm³/mol. The third kappa shape index (κ3) is 3.57. The van der Waals surface area contributed by atoms with Crippen LogP contribution < -0.4 is 10.9 Å². The van der Waals surface area contributed by atoms with Gasteiger partial charge in [0.05, 0.1) is 12.2 Å². The third-order valence-electron chi connectivity index (χ3n) is 4.34. The Hall–Kier alpha value is -2.80. The second kappa shape index (κ2) is 7.21. The SMILES string of the molecule is O=C(Nc1nc2c(s1)CCCC2)c1ccc(=O)n(Cc2ccccc2)n1. The highest BCUT2D eigenvalue weighted by Gasteiger charge is 2.17.